The van der Waals surface area contributed by atoms with E-state index in [0.29, 0.717) is 0 Å². The van der Waals surface area contributed by atoms with Gasteiger partial charge in [-0.1, -0.05) is 12.8 Å². The van der Waals surface area contributed by atoms with Gasteiger partial charge in [0, 0.05) is 13.1 Å². The fourth-order valence-electron chi connectivity index (χ4n) is 7.80. The Kier molecular flexibility index (Phi) is 1.20. The zero-order chi connectivity index (χ0) is 10.6. The van der Waals surface area contributed by atoms with E-state index in [0.717, 1.165) is 21.7 Å². The van der Waals surface area contributed by atoms with Gasteiger partial charge in [0.1, 0.15) is 0 Å². The predicted molar refractivity (Wildman–Crippen MR) is 64.2 cm³/mol. The van der Waals surface area contributed by atoms with Crippen LogP contribution in [-0.2, 0) is 0 Å². The smallest absolute Gasteiger partial charge is 0.00414 e. The molecule has 6 fully saturated rings. The van der Waals surface area contributed by atoms with Crippen LogP contribution in [0.25, 0.3) is 0 Å². The molecular formula is C15H23N. The fourth-order valence-corrected chi connectivity index (χ4v) is 7.80. The minimum Gasteiger partial charge on any atom is -0.305 e. The van der Waals surface area contributed by atoms with Crippen LogP contribution in [0.1, 0.15) is 51.4 Å². The van der Waals surface area contributed by atoms with Gasteiger partial charge in [0.15, 0.2) is 0 Å². The number of nitrogens with zero attached hydrogens (tertiary/aromatic N) is 1. The van der Waals surface area contributed by atoms with E-state index in [9.17, 15) is 0 Å². The van der Waals surface area contributed by atoms with Crippen molar-refractivity contribution in [2.75, 3.05) is 20.1 Å². The molecule has 1 nitrogen and oxygen atoms in total. The molecule has 0 aromatic carbocycles. The molecule has 16 heavy (non-hydrogen) atoms. The van der Waals surface area contributed by atoms with E-state index in [2.05, 4.69) is 11.9 Å². The molecule has 0 radical (unpaired) electrons. The van der Waals surface area contributed by atoms with Crippen LogP contribution in [0.4, 0.5) is 0 Å². The molecule has 6 rings (SSSR count). The maximum atomic E-state index is 2.65. The Morgan fingerprint density at radius 1 is 0.688 bits per heavy atom. The van der Waals surface area contributed by atoms with Crippen LogP contribution in [0.2, 0.25) is 0 Å². The Morgan fingerprint density at radius 3 is 1.56 bits per heavy atom. The Bertz CT molecular complexity index is 335. The summed E-state index contributed by atoms with van der Waals surface area (Å²) in [6.45, 7) is 2.88. The van der Waals surface area contributed by atoms with Crippen molar-refractivity contribution in [1.29, 1.82) is 0 Å². The largest absolute Gasteiger partial charge is 0.305 e. The lowest BCUT2D eigenvalue weighted by atomic mass is 9.60. The monoisotopic (exact) mass is 217 g/mol. The second-order valence-electron chi connectivity index (χ2n) is 8.21. The topological polar surface area (TPSA) is 3.24 Å². The molecule has 0 N–H and O–H groups in total. The Hall–Kier alpha value is -0.0400. The summed E-state index contributed by atoms with van der Waals surface area (Å²) in [4.78, 5) is 2.65. The third kappa shape index (κ3) is 0.631. The van der Waals surface area contributed by atoms with E-state index in [4.69, 9.17) is 0 Å². The Balaban J connectivity index is 1.71. The molecule has 4 bridgehead atoms. The molecule has 0 unspecified atom stereocenters. The first-order valence-corrected chi connectivity index (χ1v) is 7.32. The number of hydrogen-bond acceptors (Lipinski definition) is 1. The molecule has 5 aliphatic carbocycles. The van der Waals surface area contributed by atoms with Crippen molar-refractivity contribution in [3.05, 3.63) is 0 Å². The average molecular weight is 217 g/mol. The highest BCUT2D eigenvalue weighted by atomic mass is 15.2. The van der Waals surface area contributed by atoms with Gasteiger partial charge in [-0.2, -0.15) is 0 Å². The fraction of sp³-hybridized carbons (Fsp3) is 1.00. The van der Waals surface area contributed by atoms with Crippen molar-refractivity contribution in [2.45, 2.75) is 51.4 Å². The first-order chi connectivity index (χ1) is 7.64. The van der Waals surface area contributed by atoms with Crippen molar-refractivity contribution in [2.24, 2.45) is 21.7 Å². The van der Waals surface area contributed by atoms with Crippen LogP contribution in [0, 0.1) is 21.7 Å². The van der Waals surface area contributed by atoms with Gasteiger partial charge in [-0.05, 0) is 67.2 Å². The molecule has 1 heterocycles. The summed E-state index contributed by atoms with van der Waals surface area (Å²) in [6.07, 6.45) is 12.8. The molecule has 0 aromatic rings. The molecule has 1 aliphatic heterocycles. The van der Waals surface area contributed by atoms with E-state index in [1.807, 2.05) is 0 Å². The zero-order valence-electron chi connectivity index (χ0n) is 10.5. The molecule has 0 amide bonds. The van der Waals surface area contributed by atoms with Gasteiger partial charge in [0.05, 0.1) is 0 Å². The normalized spacial score (nSPS) is 66.6. The molecule has 6 aliphatic rings. The van der Waals surface area contributed by atoms with Crippen LogP contribution < -0.4 is 0 Å². The van der Waals surface area contributed by atoms with Crippen LogP contribution in [0.5, 0.6) is 0 Å². The van der Waals surface area contributed by atoms with Gasteiger partial charge in [0.25, 0.3) is 0 Å². The Labute approximate surface area is 98.6 Å². The quantitative estimate of drug-likeness (QED) is 0.603. The summed E-state index contributed by atoms with van der Waals surface area (Å²) in [5, 5.41) is 0. The van der Waals surface area contributed by atoms with Gasteiger partial charge in [-0.15, -0.1) is 0 Å². The minimum atomic E-state index is 0.798. The minimum absolute atomic E-state index is 0.798. The lowest BCUT2D eigenvalue weighted by Gasteiger charge is -2.45. The second kappa shape index (κ2) is 2.13. The summed E-state index contributed by atoms with van der Waals surface area (Å²) >= 11 is 0. The maximum absolute atomic E-state index is 2.65. The summed E-state index contributed by atoms with van der Waals surface area (Å²) < 4.78 is 0. The molecule has 88 valence electrons. The van der Waals surface area contributed by atoms with Crippen LogP contribution >= 0.6 is 0 Å². The average Bonchev–Trinajstić information content (AvgIpc) is 2.80. The van der Waals surface area contributed by atoms with Crippen molar-refractivity contribution in [3.63, 3.8) is 0 Å². The molecule has 5 saturated carbocycles. The van der Waals surface area contributed by atoms with Crippen LogP contribution in [-0.4, -0.2) is 25.0 Å². The maximum Gasteiger partial charge on any atom is 0.00414 e. The molecule has 0 atom stereocenters. The molecule has 1 saturated heterocycles. The lowest BCUT2D eigenvalue weighted by Crippen LogP contribution is -2.35. The van der Waals surface area contributed by atoms with E-state index >= 15 is 0 Å². The molecule has 0 aromatic heterocycles. The summed E-state index contributed by atoms with van der Waals surface area (Å²) in [7, 11) is 2.36. The lowest BCUT2D eigenvalue weighted by molar-refractivity contribution is 0.0520. The van der Waals surface area contributed by atoms with Crippen molar-refractivity contribution >= 4 is 0 Å². The van der Waals surface area contributed by atoms with E-state index < -0.39 is 0 Å². The summed E-state index contributed by atoms with van der Waals surface area (Å²) in [5.41, 5.74) is 3.30. The number of rotatable bonds is 0. The van der Waals surface area contributed by atoms with Gasteiger partial charge in [-0.25, -0.2) is 0 Å². The van der Waals surface area contributed by atoms with E-state index in [1.54, 1.807) is 51.4 Å². The highest BCUT2D eigenvalue weighted by Gasteiger charge is 2.84. The zero-order valence-corrected chi connectivity index (χ0v) is 10.5. The summed E-state index contributed by atoms with van der Waals surface area (Å²) in [5.74, 6) is 0. The van der Waals surface area contributed by atoms with E-state index in [1.165, 1.54) is 13.1 Å². The number of likely N-dealkylation sites (tertiary alicyclic amines) is 1. The molecular weight excluding hydrogens is 194 g/mol. The standard InChI is InChI=1S/C15H23N/c1-16-10-14-6-12-4-2-3-5-13(12,8-14)9-15(14,7-12)11-16/h2-11H2,1H3. The highest BCUT2D eigenvalue weighted by molar-refractivity contribution is 5.34. The highest BCUT2D eigenvalue weighted by Crippen LogP contribution is 2.90. The third-order valence-corrected chi connectivity index (χ3v) is 7.66. The van der Waals surface area contributed by atoms with Crippen LogP contribution in [0.15, 0.2) is 0 Å². The van der Waals surface area contributed by atoms with Crippen molar-refractivity contribution < 1.29 is 0 Å². The van der Waals surface area contributed by atoms with Gasteiger partial charge in [0.2, 0.25) is 0 Å². The second-order valence-corrected chi connectivity index (χ2v) is 8.21. The summed E-state index contributed by atoms with van der Waals surface area (Å²) in [6, 6.07) is 0. The van der Waals surface area contributed by atoms with E-state index in [-0.39, 0.29) is 0 Å². The van der Waals surface area contributed by atoms with Gasteiger partial charge < -0.3 is 4.90 Å². The SMILES string of the molecule is CN1CC23CC45CCCCC4(C2)CC3(C1)C5. The molecule has 1 heteroatoms. The molecule has 4 spiro atoms. The van der Waals surface area contributed by atoms with Crippen molar-refractivity contribution in [1.82, 2.24) is 4.90 Å². The third-order valence-electron chi connectivity index (χ3n) is 7.66. The Morgan fingerprint density at radius 2 is 1.12 bits per heavy atom. The predicted octanol–water partition coefficient (Wildman–Crippen LogP) is 3.05. The first-order valence-electron chi connectivity index (χ1n) is 7.32. The number of hydrogen-bond donors (Lipinski definition) is 0. The van der Waals surface area contributed by atoms with Crippen LogP contribution in [0.3, 0.4) is 0 Å². The van der Waals surface area contributed by atoms with Gasteiger partial charge >= 0.3 is 0 Å². The van der Waals surface area contributed by atoms with Gasteiger partial charge in [-0.3, -0.25) is 0 Å². The van der Waals surface area contributed by atoms with Crippen molar-refractivity contribution in [3.8, 4) is 0 Å². The first kappa shape index (κ1) is 8.97.